The largest absolute Gasteiger partial charge is 0.505 e. The number of alkyl halides is 2. The quantitative estimate of drug-likeness (QED) is 0.242. The molecule has 0 aromatic carbocycles. The molecule has 0 spiro atoms. The van der Waals surface area contributed by atoms with Gasteiger partial charge in [-0.05, 0) is 0 Å². The van der Waals surface area contributed by atoms with Gasteiger partial charge < -0.3 is 15.1 Å². The van der Waals surface area contributed by atoms with Crippen LogP contribution in [0.25, 0.3) is 0 Å². The van der Waals surface area contributed by atoms with Crippen molar-refractivity contribution in [1.82, 2.24) is 0 Å². The van der Waals surface area contributed by atoms with E-state index in [1.54, 1.807) is 0 Å². The van der Waals surface area contributed by atoms with Crippen molar-refractivity contribution < 1.29 is 19.8 Å². The molecule has 0 atom stereocenters. The smallest absolute Gasteiger partial charge is 0.450 e. The number of oxime groups is 1. The van der Waals surface area contributed by atoms with Crippen LogP contribution in [-0.4, -0.2) is 41.1 Å². The molecule has 12 heavy (non-hydrogen) atoms. The molecule has 0 heterocycles. The SMILES string of the molecule is COC(=O)O.ON=C(CCl)CCl. The summed E-state index contributed by atoms with van der Waals surface area (Å²) < 4.78 is 3.67. The Morgan fingerprint density at radius 1 is 1.50 bits per heavy atom. The maximum atomic E-state index is 9.15. The van der Waals surface area contributed by atoms with Gasteiger partial charge >= 0.3 is 6.16 Å². The van der Waals surface area contributed by atoms with Gasteiger partial charge in [0.1, 0.15) is 0 Å². The molecular weight excluding hydrogens is 209 g/mol. The summed E-state index contributed by atoms with van der Waals surface area (Å²) in [5.74, 6) is 0.389. The molecular formula is C5H9Cl2NO4. The average Bonchev–Trinajstić information content (AvgIpc) is 2.09. The number of halogens is 2. The highest BCUT2D eigenvalue weighted by molar-refractivity contribution is 6.36. The predicted molar refractivity (Wildman–Crippen MR) is 45.7 cm³/mol. The highest BCUT2D eigenvalue weighted by atomic mass is 35.5. The highest BCUT2D eigenvalue weighted by Gasteiger charge is 1.90. The first-order valence-corrected chi connectivity index (χ1v) is 3.77. The number of carboxylic acid groups (broad SMARTS) is 1. The van der Waals surface area contributed by atoms with Gasteiger partial charge in [0, 0.05) is 0 Å². The zero-order chi connectivity index (χ0) is 9.98. The molecule has 0 aliphatic carbocycles. The molecule has 0 aromatic rings. The summed E-state index contributed by atoms with van der Waals surface area (Å²) in [6.07, 6.45) is -1.25. The van der Waals surface area contributed by atoms with Crippen molar-refractivity contribution >= 4 is 35.1 Å². The fraction of sp³-hybridized carbons (Fsp3) is 0.600. The molecule has 0 aliphatic heterocycles. The Hall–Kier alpha value is -0.680. The van der Waals surface area contributed by atoms with E-state index in [1.807, 2.05) is 0 Å². The molecule has 0 saturated heterocycles. The molecule has 5 nitrogen and oxygen atoms in total. The average molecular weight is 218 g/mol. The molecule has 0 amide bonds. The van der Waals surface area contributed by atoms with E-state index in [4.69, 9.17) is 38.3 Å². The van der Waals surface area contributed by atoms with Crippen LogP contribution >= 0.6 is 23.2 Å². The number of rotatable bonds is 2. The van der Waals surface area contributed by atoms with E-state index < -0.39 is 6.16 Å². The van der Waals surface area contributed by atoms with E-state index in [1.165, 1.54) is 0 Å². The molecule has 0 saturated carbocycles. The maximum absolute atomic E-state index is 9.15. The standard InChI is InChI=1S/C3H5Cl2NO.C2H4O3/c4-1-3(2-5)6-7;1-5-2(3)4/h7H,1-2H2;1H3,(H,3,4). The third-order valence-electron chi connectivity index (χ3n) is 0.625. The van der Waals surface area contributed by atoms with Crippen LogP contribution in [0.15, 0.2) is 5.16 Å². The molecule has 0 fully saturated rings. The van der Waals surface area contributed by atoms with Crippen molar-refractivity contribution in [2.45, 2.75) is 0 Å². The lowest BCUT2D eigenvalue weighted by Crippen LogP contribution is -2.00. The molecule has 0 unspecified atom stereocenters. The summed E-state index contributed by atoms with van der Waals surface area (Å²) in [6, 6.07) is 0. The molecule has 0 radical (unpaired) electrons. The predicted octanol–water partition coefficient (Wildman–Crippen LogP) is 1.60. The molecule has 0 aromatic heterocycles. The van der Waals surface area contributed by atoms with Crippen molar-refractivity contribution in [2.75, 3.05) is 18.9 Å². The first-order valence-electron chi connectivity index (χ1n) is 2.71. The third-order valence-corrected chi connectivity index (χ3v) is 1.24. The lowest BCUT2D eigenvalue weighted by molar-refractivity contribution is 0.114. The molecule has 0 aliphatic rings. The maximum Gasteiger partial charge on any atom is 0.505 e. The Labute approximate surface area is 79.5 Å². The van der Waals surface area contributed by atoms with Gasteiger partial charge in [-0.15, -0.1) is 23.2 Å². The summed E-state index contributed by atoms with van der Waals surface area (Å²) in [4.78, 5) is 9.15. The van der Waals surface area contributed by atoms with Crippen LogP contribution in [0.1, 0.15) is 0 Å². The fourth-order valence-electron chi connectivity index (χ4n) is 0.0892. The van der Waals surface area contributed by atoms with Crippen LogP contribution < -0.4 is 0 Å². The number of methoxy groups -OCH3 is 1. The first-order chi connectivity index (χ1) is 5.62. The van der Waals surface area contributed by atoms with E-state index >= 15 is 0 Å². The molecule has 0 bridgehead atoms. The normalized spacial score (nSPS) is 7.58. The summed E-state index contributed by atoms with van der Waals surface area (Å²) in [5.41, 5.74) is 0.392. The third kappa shape index (κ3) is 12.0. The summed E-state index contributed by atoms with van der Waals surface area (Å²) >= 11 is 10.4. The highest BCUT2D eigenvalue weighted by Crippen LogP contribution is 1.85. The van der Waals surface area contributed by atoms with Crippen LogP contribution in [0, 0.1) is 0 Å². The van der Waals surface area contributed by atoms with E-state index in [0.29, 0.717) is 5.71 Å². The Morgan fingerprint density at radius 3 is 1.83 bits per heavy atom. The van der Waals surface area contributed by atoms with Gasteiger partial charge in [-0.2, -0.15) is 0 Å². The summed E-state index contributed by atoms with van der Waals surface area (Å²) in [5, 5.41) is 18.2. The Bertz CT molecular complexity index is 144. The second-order valence-corrected chi connectivity index (χ2v) is 1.94. The van der Waals surface area contributed by atoms with Gasteiger partial charge in [0.2, 0.25) is 0 Å². The molecule has 2 N–H and O–H groups in total. The Morgan fingerprint density at radius 2 is 1.83 bits per heavy atom. The number of carbonyl (C=O) groups is 1. The first kappa shape index (κ1) is 13.9. The summed E-state index contributed by atoms with van der Waals surface area (Å²) in [6.45, 7) is 0. The van der Waals surface area contributed by atoms with E-state index in [2.05, 4.69) is 9.89 Å². The Balaban J connectivity index is 0. The summed E-state index contributed by atoms with van der Waals surface area (Å²) in [7, 11) is 1.10. The molecule has 72 valence electrons. The minimum absolute atomic E-state index is 0.194. The van der Waals surface area contributed by atoms with Gasteiger partial charge in [0.05, 0.1) is 24.6 Å². The second-order valence-electron chi connectivity index (χ2n) is 1.40. The molecule has 0 rings (SSSR count). The minimum Gasteiger partial charge on any atom is -0.450 e. The van der Waals surface area contributed by atoms with Crippen LogP contribution in [0.2, 0.25) is 0 Å². The zero-order valence-electron chi connectivity index (χ0n) is 6.33. The van der Waals surface area contributed by atoms with Gasteiger partial charge in [0.15, 0.2) is 0 Å². The van der Waals surface area contributed by atoms with Gasteiger partial charge in [0.25, 0.3) is 0 Å². The van der Waals surface area contributed by atoms with Crippen molar-refractivity contribution in [3.8, 4) is 0 Å². The van der Waals surface area contributed by atoms with E-state index in [-0.39, 0.29) is 11.8 Å². The van der Waals surface area contributed by atoms with Crippen LogP contribution in [0.5, 0.6) is 0 Å². The number of hydrogen-bond donors (Lipinski definition) is 2. The number of ether oxygens (including phenoxy) is 1. The van der Waals surface area contributed by atoms with Gasteiger partial charge in [-0.1, -0.05) is 5.16 Å². The fourth-order valence-corrected chi connectivity index (χ4v) is 0.482. The van der Waals surface area contributed by atoms with Gasteiger partial charge in [-0.25, -0.2) is 4.79 Å². The van der Waals surface area contributed by atoms with Crippen molar-refractivity contribution in [1.29, 1.82) is 0 Å². The van der Waals surface area contributed by atoms with Crippen LogP contribution in [0.3, 0.4) is 0 Å². The van der Waals surface area contributed by atoms with Crippen molar-refractivity contribution in [2.24, 2.45) is 5.16 Å². The number of nitrogens with zero attached hydrogens (tertiary/aromatic N) is 1. The zero-order valence-corrected chi connectivity index (χ0v) is 7.84. The second kappa shape index (κ2) is 10.3. The van der Waals surface area contributed by atoms with Crippen LogP contribution in [-0.2, 0) is 4.74 Å². The van der Waals surface area contributed by atoms with Gasteiger partial charge in [-0.3, -0.25) is 0 Å². The van der Waals surface area contributed by atoms with E-state index in [0.717, 1.165) is 7.11 Å². The lowest BCUT2D eigenvalue weighted by atomic mass is 10.5. The Kier molecular flexibility index (Phi) is 11.9. The topological polar surface area (TPSA) is 79.1 Å². The van der Waals surface area contributed by atoms with Crippen LogP contribution in [0.4, 0.5) is 4.79 Å². The van der Waals surface area contributed by atoms with Crippen molar-refractivity contribution in [3.05, 3.63) is 0 Å². The minimum atomic E-state index is -1.25. The number of hydrogen-bond acceptors (Lipinski definition) is 4. The van der Waals surface area contributed by atoms with E-state index in [9.17, 15) is 0 Å². The lowest BCUT2D eigenvalue weighted by Gasteiger charge is -1.86. The monoisotopic (exact) mass is 217 g/mol. The van der Waals surface area contributed by atoms with Crippen molar-refractivity contribution in [3.63, 3.8) is 0 Å². The molecule has 7 heteroatoms.